The molecule has 1 amide bonds. The van der Waals surface area contributed by atoms with E-state index in [1.165, 1.54) is 23.9 Å². The molecule has 0 saturated carbocycles. The van der Waals surface area contributed by atoms with Gasteiger partial charge in [-0.25, -0.2) is 4.68 Å². The van der Waals surface area contributed by atoms with E-state index in [9.17, 15) is 9.59 Å². The fourth-order valence-corrected chi connectivity index (χ4v) is 2.62. The summed E-state index contributed by atoms with van der Waals surface area (Å²) >= 11 is 0. The van der Waals surface area contributed by atoms with Gasteiger partial charge in [-0.1, -0.05) is 0 Å². The summed E-state index contributed by atoms with van der Waals surface area (Å²) in [5.74, 6) is 1.67. The zero-order chi connectivity index (χ0) is 21.3. The number of hydrogen-bond acceptors (Lipinski definition) is 6. The molecule has 1 heterocycles. The molecule has 0 atom stereocenters. The van der Waals surface area contributed by atoms with Crippen LogP contribution in [0.25, 0.3) is 0 Å². The Kier molecular flexibility index (Phi) is 7.18. The molecule has 8 nitrogen and oxygen atoms in total. The highest BCUT2D eigenvalue weighted by Gasteiger charge is 2.10. The van der Waals surface area contributed by atoms with Crippen LogP contribution in [0.2, 0.25) is 0 Å². The Labute approximate surface area is 174 Å². The van der Waals surface area contributed by atoms with Crippen LogP contribution in [0, 0.1) is 0 Å². The van der Waals surface area contributed by atoms with Gasteiger partial charge in [0.15, 0.2) is 0 Å². The maximum atomic E-state index is 12.4. The Morgan fingerprint density at radius 3 is 2.23 bits per heavy atom. The van der Waals surface area contributed by atoms with Crippen LogP contribution in [0.3, 0.4) is 0 Å². The molecule has 8 heteroatoms. The second-order valence-electron chi connectivity index (χ2n) is 6.26. The topological polar surface area (TPSA) is 91.7 Å². The van der Waals surface area contributed by atoms with E-state index in [0.717, 1.165) is 5.75 Å². The molecule has 0 aliphatic carbocycles. The standard InChI is InChI=1S/C22H23N3O5/c1-3-29-17-8-10-19(11-9-17)30-18-6-4-16(5-7-18)23-22(27)20-12-13-21(26)25(24-20)14-15-28-2/h4-13H,3,14-15H2,1-2H3,(H,23,27). The third kappa shape index (κ3) is 5.68. The molecule has 2 aromatic carbocycles. The van der Waals surface area contributed by atoms with Crippen LogP contribution in [0.15, 0.2) is 65.5 Å². The van der Waals surface area contributed by atoms with Gasteiger partial charge in [0, 0.05) is 18.9 Å². The molecule has 0 aliphatic heterocycles. The van der Waals surface area contributed by atoms with Crippen molar-refractivity contribution in [3.05, 3.63) is 76.7 Å². The minimum Gasteiger partial charge on any atom is -0.494 e. The molecule has 0 bridgehead atoms. The lowest BCUT2D eigenvalue weighted by Crippen LogP contribution is -2.27. The molecule has 30 heavy (non-hydrogen) atoms. The minimum absolute atomic E-state index is 0.139. The summed E-state index contributed by atoms with van der Waals surface area (Å²) in [7, 11) is 1.53. The van der Waals surface area contributed by atoms with E-state index in [2.05, 4.69) is 10.4 Å². The first-order valence-electron chi connectivity index (χ1n) is 9.48. The quantitative estimate of drug-likeness (QED) is 0.583. The van der Waals surface area contributed by atoms with Crippen molar-refractivity contribution in [2.45, 2.75) is 13.5 Å². The van der Waals surface area contributed by atoms with Gasteiger partial charge in [-0.15, -0.1) is 0 Å². The molecule has 1 N–H and O–H groups in total. The maximum Gasteiger partial charge on any atom is 0.276 e. The van der Waals surface area contributed by atoms with Gasteiger partial charge >= 0.3 is 0 Å². The molecular formula is C22H23N3O5. The van der Waals surface area contributed by atoms with Crippen molar-refractivity contribution >= 4 is 11.6 Å². The molecule has 0 saturated heterocycles. The Morgan fingerprint density at radius 2 is 1.60 bits per heavy atom. The van der Waals surface area contributed by atoms with Crippen LogP contribution in [0.5, 0.6) is 17.2 Å². The lowest BCUT2D eigenvalue weighted by Gasteiger charge is -2.09. The fraction of sp³-hybridized carbons (Fsp3) is 0.227. The van der Waals surface area contributed by atoms with E-state index in [1.54, 1.807) is 24.3 Å². The van der Waals surface area contributed by atoms with E-state index < -0.39 is 5.91 Å². The van der Waals surface area contributed by atoms with E-state index in [4.69, 9.17) is 14.2 Å². The van der Waals surface area contributed by atoms with Crippen molar-refractivity contribution in [3.8, 4) is 17.2 Å². The summed E-state index contributed by atoms with van der Waals surface area (Å²) in [6.07, 6.45) is 0. The summed E-state index contributed by atoms with van der Waals surface area (Å²) in [6.45, 7) is 3.14. The van der Waals surface area contributed by atoms with Crippen molar-refractivity contribution in [1.29, 1.82) is 0 Å². The molecule has 156 valence electrons. The first-order valence-corrected chi connectivity index (χ1v) is 9.48. The van der Waals surface area contributed by atoms with E-state index >= 15 is 0 Å². The van der Waals surface area contributed by atoms with E-state index in [1.807, 2.05) is 31.2 Å². The molecule has 0 spiro atoms. The van der Waals surface area contributed by atoms with Crippen LogP contribution in [-0.4, -0.2) is 36.0 Å². The largest absolute Gasteiger partial charge is 0.494 e. The van der Waals surface area contributed by atoms with Gasteiger partial charge < -0.3 is 19.5 Å². The second kappa shape index (κ2) is 10.2. The van der Waals surface area contributed by atoms with Gasteiger partial charge in [0.25, 0.3) is 11.5 Å². The summed E-state index contributed by atoms with van der Waals surface area (Å²) < 4.78 is 17.3. The van der Waals surface area contributed by atoms with Crippen LogP contribution in [-0.2, 0) is 11.3 Å². The fourth-order valence-electron chi connectivity index (χ4n) is 2.62. The number of benzene rings is 2. The van der Waals surface area contributed by atoms with Gasteiger partial charge in [0.2, 0.25) is 0 Å². The Bertz CT molecular complexity index is 1030. The predicted octanol–water partition coefficient (Wildman–Crippen LogP) is 3.33. The number of carbonyl (C=O) groups is 1. The maximum absolute atomic E-state index is 12.4. The first-order chi connectivity index (χ1) is 14.6. The van der Waals surface area contributed by atoms with Crippen molar-refractivity contribution < 1.29 is 19.0 Å². The lowest BCUT2D eigenvalue weighted by atomic mass is 10.2. The number of nitrogens with one attached hydrogen (secondary N) is 1. The number of anilines is 1. The molecule has 3 rings (SSSR count). The van der Waals surface area contributed by atoms with Crippen molar-refractivity contribution in [3.63, 3.8) is 0 Å². The summed E-state index contributed by atoms with van der Waals surface area (Å²) in [5, 5.41) is 6.83. The van der Waals surface area contributed by atoms with Gasteiger partial charge in [-0.2, -0.15) is 5.10 Å². The highest BCUT2D eigenvalue weighted by molar-refractivity contribution is 6.02. The summed E-state index contributed by atoms with van der Waals surface area (Å²) in [4.78, 5) is 24.2. The highest BCUT2D eigenvalue weighted by atomic mass is 16.5. The van der Waals surface area contributed by atoms with Crippen molar-refractivity contribution in [1.82, 2.24) is 9.78 Å². The number of hydrogen-bond donors (Lipinski definition) is 1. The SMILES string of the molecule is CCOc1ccc(Oc2ccc(NC(=O)c3ccc(=O)n(CCOC)n3)cc2)cc1. The normalized spacial score (nSPS) is 10.5. The van der Waals surface area contributed by atoms with Gasteiger partial charge in [0.05, 0.1) is 19.8 Å². The Balaban J connectivity index is 1.62. The molecule has 0 aliphatic rings. The van der Waals surface area contributed by atoms with Crippen molar-refractivity contribution in [2.24, 2.45) is 0 Å². The number of aromatic nitrogens is 2. The van der Waals surface area contributed by atoms with Crippen LogP contribution in [0.4, 0.5) is 5.69 Å². The van der Waals surface area contributed by atoms with Crippen molar-refractivity contribution in [2.75, 3.05) is 25.6 Å². The van der Waals surface area contributed by atoms with Crippen LogP contribution >= 0.6 is 0 Å². The molecule has 1 aromatic heterocycles. The number of carbonyl (C=O) groups excluding carboxylic acids is 1. The lowest BCUT2D eigenvalue weighted by molar-refractivity contribution is 0.101. The van der Waals surface area contributed by atoms with Crippen LogP contribution < -0.4 is 20.3 Å². The Morgan fingerprint density at radius 1 is 0.967 bits per heavy atom. The number of ether oxygens (including phenoxy) is 3. The second-order valence-corrected chi connectivity index (χ2v) is 6.26. The van der Waals surface area contributed by atoms with Gasteiger partial charge in [0.1, 0.15) is 22.9 Å². The van der Waals surface area contributed by atoms with E-state index in [-0.39, 0.29) is 17.8 Å². The number of rotatable bonds is 9. The smallest absolute Gasteiger partial charge is 0.276 e. The highest BCUT2D eigenvalue weighted by Crippen LogP contribution is 2.25. The van der Waals surface area contributed by atoms with E-state index in [0.29, 0.717) is 30.4 Å². The zero-order valence-corrected chi connectivity index (χ0v) is 16.8. The van der Waals surface area contributed by atoms with Gasteiger partial charge in [-0.3, -0.25) is 9.59 Å². The zero-order valence-electron chi connectivity index (χ0n) is 16.8. The summed E-state index contributed by atoms with van der Waals surface area (Å²) in [5.41, 5.74) is 0.426. The number of nitrogens with zero attached hydrogens (tertiary/aromatic N) is 2. The molecular weight excluding hydrogens is 386 g/mol. The molecule has 0 radical (unpaired) electrons. The first kappa shape index (κ1) is 21.1. The number of methoxy groups -OCH3 is 1. The van der Waals surface area contributed by atoms with Crippen LogP contribution in [0.1, 0.15) is 17.4 Å². The third-order valence-electron chi connectivity index (χ3n) is 4.09. The molecule has 3 aromatic rings. The number of amides is 1. The predicted molar refractivity (Wildman–Crippen MR) is 112 cm³/mol. The average Bonchev–Trinajstić information content (AvgIpc) is 2.76. The summed E-state index contributed by atoms with van der Waals surface area (Å²) in [6, 6.07) is 17.0. The monoisotopic (exact) mass is 409 g/mol. The minimum atomic E-state index is -0.415. The average molecular weight is 409 g/mol. The molecule has 0 fully saturated rings. The molecule has 0 unspecified atom stereocenters. The van der Waals surface area contributed by atoms with Gasteiger partial charge in [-0.05, 0) is 61.5 Å². The Hall–Kier alpha value is -3.65. The third-order valence-corrected chi connectivity index (χ3v) is 4.09.